The molecule has 2 aromatic rings. The minimum absolute atomic E-state index is 0.145. The lowest BCUT2D eigenvalue weighted by Gasteiger charge is -2.60. The molecule has 2 aliphatic heterocycles. The smallest absolute Gasteiger partial charge is 0.223 e. The minimum Gasteiger partial charge on any atom is -0.369 e. The highest BCUT2D eigenvalue weighted by atomic mass is 16.2. The van der Waals surface area contributed by atoms with Crippen molar-refractivity contribution in [2.75, 3.05) is 0 Å². The van der Waals surface area contributed by atoms with Crippen molar-refractivity contribution in [2.45, 2.75) is 82.2 Å². The molecule has 3 aliphatic carbocycles. The number of carbonyl (C=O) groups excluding carboxylic acids is 2. The van der Waals surface area contributed by atoms with E-state index < -0.39 is 0 Å². The van der Waals surface area contributed by atoms with Crippen LogP contribution in [-0.2, 0) is 9.59 Å². The van der Waals surface area contributed by atoms with Crippen LogP contribution in [0.2, 0.25) is 0 Å². The second kappa shape index (κ2) is 6.35. The number of primary amides is 1. The Morgan fingerprint density at radius 3 is 2.60 bits per heavy atom. The van der Waals surface area contributed by atoms with E-state index in [-0.39, 0.29) is 35.2 Å². The summed E-state index contributed by atoms with van der Waals surface area (Å²) in [5.74, 6) is 1.53. The van der Waals surface area contributed by atoms with Crippen molar-refractivity contribution in [2.24, 2.45) is 17.1 Å². The topological polar surface area (TPSA) is 79.2 Å². The normalized spacial score (nSPS) is 33.2. The number of rotatable bonds is 5. The van der Waals surface area contributed by atoms with Crippen LogP contribution < -0.4 is 5.73 Å². The van der Waals surface area contributed by atoms with E-state index in [0.717, 1.165) is 32.1 Å². The molecule has 0 spiro atoms. The molecule has 3 heterocycles. The van der Waals surface area contributed by atoms with Gasteiger partial charge < -0.3 is 15.6 Å². The lowest BCUT2D eigenvalue weighted by Crippen LogP contribution is -2.65. The van der Waals surface area contributed by atoms with Gasteiger partial charge in [-0.3, -0.25) is 9.59 Å². The van der Waals surface area contributed by atoms with Crippen molar-refractivity contribution in [3.05, 3.63) is 35.5 Å². The zero-order valence-corrected chi connectivity index (χ0v) is 17.7. The van der Waals surface area contributed by atoms with Crippen LogP contribution in [0.3, 0.4) is 0 Å². The predicted octanol–water partition coefficient (Wildman–Crippen LogP) is 4.18. The average molecular weight is 406 g/mol. The molecule has 1 aromatic carbocycles. The van der Waals surface area contributed by atoms with Gasteiger partial charge in [-0.2, -0.15) is 0 Å². The number of nitrogens with one attached hydrogen (secondary N) is 1. The van der Waals surface area contributed by atoms with Gasteiger partial charge in [-0.15, -0.1) is 0 Å². The summed E-state index contributed by atoms with van der Waals surface area (Å²) in [4.78, 5) is 31.3. The van der Waals surface area contributed by atoms with E-state index in [4.69, 9.17) is 5.73 Å². The van der Waals surface area contributed by atoms with E-state index in [9.17, 15) is 9.59 Å². The van der Waals surface area contributed by atoms with Crippen molar-refractivity contribution in [1.29, 1.82) is 0 Å². The Hall–Kier alpha value is -2.30. The van der Waals surface area contributed by atoms with Crippen LogP contribution in [0.5, 0.6) is 0 Å². The van der Waals surface area contributed by atoms with Crippen LogP contribution >= 0.6 is 0 Å². The molecule has 2 saturated heterocycles. The summed E-state index contributed by atoms with van der Waals surface area (Å²) in [6, 6.07) is 6.95. The summed E-state index contributed by atoms with van der Waals surface area (Å²) in [5, 5.41) is 1.34. The lowest BCUT2D eigenvalue weighted by molar-refractivity contribution is -0.166. The molecule has 1 aromatic heterocycles. The molecule has 4 bridgehead atoms. The van der Waals surface area contributed by atoms with Gasteiger partial charge in [-0.05, 0) is 79.9 Å². The maximum absolute atomic E-state index is 13.5. The van der Waals surface area contributed by atoms with Crippen LogP contribution in [0.4, 0.5) is 0 Å². The molecular formula is C25H31N3O2. The summed E-state index contributed by atoms with van der Waals surface area (Å²) >= 11 is 0. The van der Waals surface area contributed by atoms with Gasteiger partial charge >= 0.3 is 0 Å². The molecular weight excluding hydrogens is 374 g/mol. The minimum atomic E-state index is -0.352. The first-order valence-electron chi connectivity index (χ1n) is 11.7. The quantitative estimate of drug-likeness (QED) is 0.782. The molecule has 158 valence electrons. The van der Waals surface area contributed by atoms with Gasteiger partial charge in [0.25, 0.3) is 0 Å². The summed E-state index contributed by atoms with van der Waals surface area (Å²) in [5.41, 5.74) is 9.37. The standard InChI is InChI=1S/C25H31N3O2/c1-14(20-13-27-21-4-2-3-19(23(20)21)16-5-6-16)7-22(29)28-17-8-15-9-18(28)12-25(10-15,11-17)24(26)30/h2-4,13-18,27H,5-12H2,1H3,(H2,26,30). The van der Waals surface area contributed by atoms with Gasteiger partial charge in [0.15, 0.2) is 0 Å². The van der Waals surface area contributed by atoms with E-state index in [0.29, 0.717) is 18.3 Å². The number of H-pyrrole nitrogens is 1. The number of piperidine rings is 2. The first-order chi connectivity index (χ1) is 14.4. The number of hydrogen-bond acceptors (Lipinski definition) is 2. The fraction of sp³-hybridized carbons (Fsp3) is 0.600. The molecule has 3 saturated carbocycles. The molecule has 5 fully saturated rings. The van der Waals surface area contributed by atoms with Crippen LogP contribution in [0.25, 0.3) is 10.9 Å². The van der Waals surface area contributed by atoms with Crippen molar-refractivity contribution in [3.8, 4) is 0 Å². The van der Waals surface area contributed by atoms with Crippen molar-refractivity contribution < 1.29 is 9.59 Å². The predicted molar refractivity (Wildman–Crippen MR) is 116 cm³/mol. The Balaban J connectivity index is 1.25. The van der Waals surface area contributed by atoms with Crippen molar-refractivity contribution in [3.63, 3.8) is 0 Å². The van der Waals surface area contributed by atoms with Crippen LogP contribution in [0.15, 0.2) is 24.4 Å². The molecule has 5 nitrogen and oxygen atoms in total. The van der Waals surface area contributed by atoms with E-state index in [1.165, 1.54) is 34.9 Å². The zero-order valence-electron chi connectivity index (χ0n) is 17.7. The average Bonchev–Trinajstić information content (AvgIpc) is 3.44. The Morgan fingerprint density at radius 1 is 1.20 bits per heavy atom. The largest absolute Gasteiger partial charge is 0.369 e. The molecule has 0 radical (unpaired) electrons. The molecule has 5 aliphatic rings. The Kier molecular flexibility index (Phi) is 3.91. The van der Waals surface area contributed by atoms with E-state index in [2.05, 4.69) is 41.2 Å². The monoisotopic (exact) mass is 405 g/mol. The van der Waals surface area contributed by atoms with Crippen molar-refractivity contribution >= 4 is 22.7 Å². The molecule has 2 amide bonds. The van der Waals surface area contributed by atoms with Gasteiger partial charge in [-0.25, -0.2) is 0 Å². The molecule has 5 heteroatoms. The van der Waals surface area contributed by atoms with Gasteiger partial charge in [0.2, 0.25) is 11.8 Å². The fourth-order valence-corrected chi connectivity index (χ4v) is 7.18. The maximum Gasteiger partial charge on any atom is 0.223 e. The number of fused-ring (bicyclic) bond motifs is 1. The zero-order chi connectivity index (χ0) is 20.6. The molecule has 3 unspecified atom stereocenters. The number of benzene rings is 1. The first kappa shape index (κ1) is 18.5. The third-order valence-corrected chi connectivity index (χ3v) is 8.54. The highest BCUT2D eigenvalue weighted by Crippen LogP contribution is 2.56. The summed E-state index contributed by atoms with van der Waals surface area (Å²) in [6.07, 6.45) is 9.77. The first-order valence-corrected chi connectivity index (χ1v) is 11.7. The molecule has 3 atom stereocenters. The van der Waals surface area contributed by atoms with Crippen molar-refractivity contribution in [1.82, 2.24) is 9.88 Å². The van der Waals surface area contributed by atoms with E-state index >= 15 is 0 Å². The number of amides is 2. The fourth-order valence-electron chi connectivity index (χ4n) is 7.18. The molecule has 7 rings (SSSR count). The number of nitrogens with two attached hydrogens (primary N) is 1. The van der Waals surface area contributed by atoms with E-state index in [1.807, 2.05) is 0 Å². The van der Waals surface area contributed by atoms with Gasteiger partial charge in [-0.1, -0.05) is 19.1 Å². The Labute approximate surface area is 177 Å². The summed E-state index contributed by atoms with van der Waals surface area (Å²) < 4.78 is 0. The summed E-state index contributed by atoms with van der Waals surface area (Å²) in [6.45, 7) is 2.19. The third-order valence-electron chi connectivity index (χ3n) is 8.54. The number of nitrogens with zero attached hydrogens (tertiary/aromatic N) is 1. The molecule has 3 N–H and O–H groups in total. The number of aromatic amines is 1. The van der Waals surface area contributed by atoms with Crippen LogP contribution in [0, 0.1) is 11.3 Å². The molecule has 30 heavy (non-hydrogen) atoms. The van der Waals surface area contributed by atoms with Gasteiger partial charge in [0.1, 0.15) is 0 Å². The summed E-state index contributed by atoms with van der Waals surface area (Å²) in [7, 11) is 0. The van der Waals surface area contributed by atoms with Crippen LogP contribution in [0.1, 0.15) is 81.3 Å². The number of aromatic nitrogens is 1. The van der Waals surface area contributed by atoms with E-state index in [1.54, 1.807) is 0 Å². The third kappa shape index (κ3) is 2.67. The Bertz CT molecular complexity index is 1020. The highest BCUT2D eigenvalue weighted by molar-refractivity contribution is 5.89. The highest BCUT2D eigenvalue weighted by Gasteiger charge is 2.58. The SMILES string of the molecule is CC(CC(=O)N1C2CC3CC1CC(C(N)=O)(C3)C2)c1c[nH]c2cccc(C3CC3)c12. The second-order valence-corrected chi connectivity index (χ2v) is 10.6. The number of hydrogen-bond donors (Lipinski definition) is 2. The van der Waals surface area contributed by atoms with Gasteiger partial charge in [0, 0.05) is 35.6 Å². The Morgan fingerprint density at radius 2 is 1.93 bits per heavy atom. The second-order valence-electron chi connectivity index (χ2n) is 10.6. The number of carbonyl (C=O) groups is 2. The van der Waals surface area contributed by atoms with Crippen LogP contribution in [-0.4, -0.2) is 33.8 Å². The maximum atomic E-state index is 13.5. The lowest BCUT2D eigenvalue weighted by atomic mass is 9.55. The van der Waals surface area contributed by atoms with Gasteiger partial charge in [0.05, 0.1) is 5.41 Å².